The summed E-state index contributed by atoms with van der Waals surface area (Å²) >= 11 is 1.59. The fourth-order valence-electron chi connectivity index (χ4n) is 4.21. The molecule has 0 saturated carbocycles. The van der Waals surface area contributed by atoms with E-state index in [1.165, 1.54) is 0 Å². The summed E-state index contributed by atoms with van der Waals surface area (Å²) in [6.45, 7) is 2.26. The summed E-state index contributed by atoms with van der Waals surface area (Å²) in [5.41, 5.74) is 4.07. The number of nitrogens with one attached hydrogen (secondary N) is 2. The lowest BCUT2D eigenvalue weighted by Crippen LogP contribution is -2.51. The van der Waals surface area contributed by atoms with Crippen molar-refractivity contribution >= 4 is 34.7 Å². The average Bonchev–Trinajstić information content (AvgIpc) is 3.47. The van der Waals surface area contributed by atoms with Gasteiger partial charge >= 0.3 is 0 Å². The molecule has 3 amide bonds. The largest absolute Gasteiger partial charge is 0.345 e. The highest BCUT2D eigenvalue weighted by Crippen LogP contribution is 2.33. The number of carbonyl (C=O) groups excluding carboxylic acids is 3. The molecule has 4 heterocycles. The van der Waals surface area contributed by atoms with E-state index in [0.29, 0.717) is 29.9 Å². The maximum Gasteiger partial charge on any atom is 0.272 e. The van der Waals surface area contributed by atoms with E-state index in [-0.39, 0.29) is 17.7 Å². The summed E-state index contributed by atoms with van der Waals surface area (Å²) in [5.74, 6) is -0.853. The Morgan fingerprint density at radius 3 is 2.77 bits per heavy atom. The summed E-state index contributed by atoms with van der Waals surface area (Å²) in [5, 5.41) is 14.0. The van der Waals surface area contributed by atoms with Gasteiger partial charge in [-0.2, -0.15) is 16.4 Å². The van der Waals surface area contributed by atoms with Gasteiger partial charge in [0, 0.05) is 19.3 Å². The van der Waals surface area contributed by atoms with Crippen molar-refractivity contribution < 1.29 is 14.4 Å². The van der Waals surface area contributed by atoms with Crippen LogP contribution < -0.4 is 10.6 Å². The maximum absolute atomic E-state index is 13.3. The molecular formula is C22H21N5O3S. The van der Waals surface area contributed by atoms with E-state index in [9.17, 15) is 14.4 Å². The second kappa shape index (κ2) is 7.35. The lowest BCUT2D eigenvalue weighted by Gasteiger charge is -2.24. The molecule has 9 heteroatoms. The Hall–Kier alpha value is -3.46. The summed E-state index contributed by atoms with van der Waals surface area (Å²) in [6, 6.07) is 7.93. The quantitative estimate of drug-likeness (QED) is 0.660. The van der Waals surface area contributed by atoms with E-state index in [1.807, 2.05) is 35.9 Å². The van der Waals surface area contributed by atoms with Crippen molar-refractivity contribution in [2.24, 2.45) is 7.05 Å². The fourth-order valence-corrected chi connectivity index (χ4v) is 4.87. The smallest absolute Gasteiger partial charge is 0.272 e. The predicted molar refractivity (Wildman–Crippen MR) is 117 cm³/mol. The molecule has 1 saturated heterocycles. The van der Waals surface area contributed by atoms with Crippen LogP contribution in [0.15, 0.2) is 41.1 Å². The molecule has 2 aliphatic rings. The molecule has 158 valence electrons. The molecule has 0 radical (unpaired) electrons. The number of rotatable bonds is 3. The molecule has 2 aromatic heterocycles. The molecule has 5 rings (SSSR count). The van der Waals surface area contributed by atoms with Crippen LogP contribution in [-0.2, 0) is 11.8 Å². The molecule has 2 atom stereocenters. The molecule has 1 fully saturated rings. The second-order valence-electron chi connectivity index (χ2n) is 7.87. The Kier molecular flexibility index (Phi) is 4.62. The van der Waals surface area contributed by atoms with Gasteiger partial charge in [-0.1, -0.05) is 6.07 Å². The summed E-state index contributed by atoms with van der Waals surface area (Å²) < 4.78 is 1.62. The van der Waals surface area contributed by atoms with Crippen LogP contribution in [0.1, 0.15) is 33.0 Å². The number of fused-ring (bicyclic) bond motifs is 2. The molecular weight excluding hydrogens is 414 g/mol. The summed E-state index contributed by atoms with van der Waals surface area (Å²) in [7, 11) is 1.77. The minimum atomic E-state index is -0.766. The van der Waals surface area contributed by atoms with E-state index < -0.39 is 12.1 Å². The fraction of sp³-hybridized carbons (Fsp3) is 0.273. The molecule has 1 aromatic carbocycles. The molecule has 0 bridgehead atoms. The molecule has 31 heavy (non-hydrogen) atoms. The molecule has 2 aliphatic heterocycles. The van der Waals surface area contributed by atoms with Crippen molar-refractivity contribution in [1.82, 2.24) is 20.0 Å². The third-order valence-electron chi connectivity index (χ3n) is 5.95. The first-order chi connectivity index (χ1) is 14.9. The summed E-state index contributed by atoms with van der Waals surface area (Å²) in [6.07, 6.45) is 0.501. The average molecular weight is 436 g/mol. The highest BCUT2D eigenvalue weighted by atomic mass is 32.1. The van der Waals surface area contributed by atoms with Crippen molar-refractivity contribution in [3.63, 3.8) is 0 Å². The Balaban J connectivity index is 1.42. The van der Waals surface area contributed by atoms with Crippen LogP contribution in [0.25, 0.3) is 11.1 Å². The number of carbonyl (C=O) groups is 3. The van der Waals surface area contributed by atoms with E-state index in [0.717, 1.165) is 16.8 Å². The third-order valence-corrected chi connectivity index (χ3v) is 6.64. The van der Waals surface area contributed by atoms with Crippen molar-refractivity contribution in [2.45, 2.75) is 25.4 Å². The number of hydrogen-bond donors (Lipinski definition) is 2. The van der Waals surface area contributed by atoms with Crippen molar-refractivity contribution in [1.29, 1.82) is 0 Å². The van der Waals surface area contributed by atoms with Gasteiger partial charge in [0.05, 0.1) is 17.3 Å². The second-order valence-corrected chi connectivity index (χ2v) is 8.65. The highest BCUT2D eigenvalue weighted by molar-refractivity contribution is 7.08. The first-order valence-electron chi connectivity index (χ1n) is 10.0. The zero-order valence-electron chi connectivity index (χ0n) is 17.1. The standard InChI is InChI=1S/C22H21N5O3S/c1-12-9-18(25-26(12)2)20(28)24-17-5-7-27-19(17)21(29)23-16-4-3-13(10-15(16)22(27)30)14-6-8-31-11-14/h3-4,6,8-11,17,19H,5,7H2,1-2H3,(H,23,29)(H,24,28)/t17-,19+/m1/s1. The van der Waals surface area contributed by atoms with Crippen LogP contribution in [0.4, 0.5) is 5.69 Å². The maximum atomic E-state index is 13.3. The lowest BCUT2D eigenvalue weighted by atomic mass is 10.0. The number of amides is 3. The molecule has 0 spiro atoms. The van der Waals surface area contributed by atoms with E-state index >= 15 is 0 Å². The zero-order chi connectivity index (χ0) is 21.7. The van der Waals surface area contributed by atoms with Gasteiger partial charge in [0.1, 0.15) is 11.7 Å². The number of thiophene rings is 1. The normalized spacial score (nSPS) is 20.1. The van der Waals surface area contributed by atoms with Gasteiger partial charge in [-0.3, -0.25) is 19.1 Å². The van der Waals surface area contributed by atoms with Crippen molar-refractivity contribution in [3.8, 4) is 11.1 Å². The molecule has 0 unspecified atom stereocenters. The Morgan fingerprint density at radius 1 is 1.23 bits per heavy atom. The predicted octanol–water partition coefficient (Wildman–Crippen LogP) is 2.42. The van der Waals surface area contributed by atoms with Crippen LogP contribution in [0, 0.1) is 6.92 Å². The highest BCUT2D eigenvalue weighted by Gasteiger charge is 2.45. The Labute approximate surface area is 182 Å². The third kappa shape index (κ3) is 3.31. The van der Waals surface area contributed by atoms with E-state index in [2.05, 4.69) is 15.7 Å². The van der Waals surface area contributed by atoms with Crippen LogP contribution in [0.5, 0.6) is 0 Å². The lowest BCUT2D eigenvalue weighted by molar-refractivity contribution is -0.120. The Morgan fingerprint density at radius 2 is 2.06 bits per heavy atom. The molecule has 2 N–H and O–H groups in total. The van der Waals surface area contributed by atoms with Gasteiger partial charge in [0.15, 0.2) is 0 Å². The topological polar surface area (TPSA) is 96.3 Å². The monoisotopic (exact) mass is 435 g/mol. The number of anilines is 1. The minimum Gasteiger partial charge on any atom is -0.345 e. The van der Waals surface area contributed by atoms with Crippen molar-refractivity contribution in [3.05, 3.63) is 58.0 Å². The van der Waals surface area contributed by atoms with Gasteiger partial charge in [-0.05, 0) is 59.5 Å². The Bertz CT molecular complexity index is 1180. The van der Waals surface area contributed by atoms with Crippen LogP contribution in [-0.4, -0.2) is 51.0 Å². The van der Waals surface area contributed by atoms with Crippen molar-refractivity contribution in [2.75, 3.05) is 11.9 Å². The van der Waals surface area contributed by atoms with Crippen LogP contribution in [0.2, 0.25) is 0 Å². The van der Waals surface area contributed by atoms with Crippen LogP contribution in [0.3, 0.4) is 0 Å². The van der Waals surface area contributed by atoms with Gasteiger partial charge in [0.2, 0.25) is 5.91 Å². The molecule has 0 aliphatic carbocycles. The van der Waals surface area contributed by atoms with Crippen LogP contribution >= 0.6 is 11.3 Å². The zero-order valence-corrected chi connectivity index (χ0v) is 17.9. The minimum absolute atomic E-state index is 0.208. The number of nitrogens with zero attached hydrogens (tertiary/aromatic N) is 3. The van der Waals surface area contributed by atoms with Gasteiger partial charge in [-0.15, -0.1) is 0 Å². The molecule has 8 nitrogen and oxygen atoms in total. The number of aryl methyl sites for hydroxylation is 2. The molecule has 3 aromatic rings. The first-order valence-corrected chi connectivity index (χ1v) is 11.0. The number of aromatic nitrogens is 2. The first kappa shape index (κ1) is 19.5. The van der Waals surface area contributed by atoms with E-state index in [4.69, 9.17) is 0 Å². The number of benzene rings is 1. The van der Waals surface area contributed by atoms with Gasteiger partial charge in [0.25, 0.3) is 11.8 Å². The van der Waals surface area contributed by atoms with Gasteiger partial charge < -0.3 is 15.5 Å². The number of hydrogen-bond acceptors (Lipinski definition) is 5. The van der Waals surface area contributed by atoms with E-state index in [1.54, 1.807) is 40.1 Å². The summed E-state index contributed by atoms with van der Waals surface area (Å²) in [4.78, 5) is 40.6. The van der Waals surface area contributed by atoms with Gasteiger partial charge in [-0.25, -0.2) is 0 Å². The SMILES string of the molecule is Cc1cc(C(=O)N[C@@H]2CCN3C(=O)c4cc(-c5ccsc5)ccc4NC(=O)[C@H]23)nn1C.